The topological polar surface area (TPSA) is 57.6 Å². The summed E-state index contributed by atoms with van der Waals surface area (Å²) in [5.41, 5.74) is 0. The van der Waals surface area contributed by atoms with Crippen molar-refractivity contribution in [2.45, 2.75) is 38.4 Å². The van der Waals surface area contributed by atoms with Crippen molar-refractivity contribution in [3.05, 3.63) is 0 Å². The van der Waals surface area contributed by atoms with Crippen LogP contribution in [0.5, 0.6) is 0 Å². The summed E-state index contributed by atoms with van der Waals surface area (Å²) in [6.07, 6.45) is 1.89. The number of thioether (sulfide) groups is 1. The highest BCUT2D eigenvalue weighted by molar-refractivity contribution is 8.01. The fraction of sp³-hybridized carbons (Fsp3) is 0.833. The highest BCUT2D eigenvalue weighted by atomic mass is 32.2. The third-order valence-corrected chi connectivity index (χ3v) is 4.38. The molecule has 17 heavy (non-hydrogen) atoms. The third-order valence-electron chi connectivity index (χ3n) is 2.87. The Hall–Kier alpha value is -0.710. The van der Waals surface area contributed by atoms with Crippen molar-refractivity contribution in [3.8, 4) is 0 Å². The first-order valence-electron chi connectivity index (χ1n) is 6.00. The monoisotopic (exact) mass is 259 g/mol. The number of hydrogen-bond donors (Lipinski definition) is 1. The number of rotatable bonds is 5. The number of carbonyl (C=O) groups is 2. The second kappa shape index (κ2) is 5.76. The lowest BCUT2D eigenvalue weighted by Gasteiger charge is -2.31. The van der Waals surface area contributed by atoms with Crippen LogP contribution in [0.15, 0.2) is 0 Å². The van der Waals surface area contributed by atoms with Crippen LogP contribution in [-0.2, 0) is 9.59 Å². The zero-order valence-electron chi connectivity index (χ0n) is 10.7. The summed E-state index contributed by atoms with van der Waals surface area (Å²) in [6, 6.07) is 0. The molecule has 1 fully saturated rings. The quantitative estimate of drug-likeness (QED) is 0.818. The maximum absolute atomic E-state index is 12.4. The number of carboxylic acids is 1. The Morgan fingerprint density at radius 1 is 1.47 bits per heavy atom. The van der Waals surface area contributed by atoms with Gasteiger partial charge in [0.2, 0.25) is 5.91 Å². The van der Waals surface area contributed by atoms with E-state index in [0.717, 1.165) is 18.6 Å². The summed E-state index contributed by atoms with van der Waals surface area (Å²) in [6.45, 7) is 6.25. The molecule has 98 valence electrons. The molecule has 0 aromatic carbocycles. The van der Waals surface area contributed by atoms with Gasteiger partial charge in [0.1, 0.15) is 6.54 Å². The van der Waals surface area contributed by atoms with E-state index in [1.54, 1.807) is 11.8 Å². The van der Waals surface area contributed by atoms with Gasteiger partial charge in [-0.05, 0) is 31.4 Å². The molecule has 4 nitrogen and oxygen atoms in total. The van der Waals surface area contributed by atoms with E-state index in [2.05, 4.69) is 0 Å². The summed E-state index contributed by atoms with van der Waals surface area (Å²) in [4.78, 5) is 24.7. The average molecular weight is 259 g/mol. The van der Waals surface area contributed by atoms with Crippen LogP contribution < -0.4 is 0 Å². The van der Waals surface area contributed by atoms with Gasteiger partial charge in [0, 0.05) is 6.54 Å². The van der Waals surface area contributed by atoms with Crippen molar-refractivity contribution in [1.82, 2.24) is 4.90 Å². The first kappa shape index (κ1) is 14.4. The SMILES string of the molecule is CC(C)CN(CC(=O)O)C(=O)C1(C)CCCS1. The number of amides is 1. The molecule has 1 heterocycles. The van der Waals surface area contributed by atoms with Crippen molar-refractivity contribution in [2.75, 3.05) is 18.8 Å². The molecule has 0 bridgehead atoms. The highest BCUT2D eigenvalue weighted by Crippen LogP contribution is 2.39. The minimum absolute atomic E-state index is 0.0175. The van der Waals surface area contributed by atoms with E-state index in [9.17, 15) is 9.59 Å². The van der Waals surface area contributed by atoms with E-state index in [4.69, 9.17) is 5.11 Å². The van der Waals surface area contributed by atoms with Crippen LogP contribution in [0.3, 0.4) is 0 Å². The molecule has 1 amide bonds. The molecule has 0 aromatic rings. The largest absolute Gasteiger partial charge is 0.480 e. The Kier molecular flexibility index (Phi) is 4.86. The first-order valence-corrected chi connectivity index (χ1v) is 6.99. The molecule has 1 atom stereocenters. The Labute approximate surface area is 107 Å². The number of carbonyl (C=O) groups excluding carboxylic acids is 1. The van der Waals surface area contributed by atoms with E-state index in [1.165, 1.54) is 4.90 Å². The van der Waals surface area contributed by atoms with Crippen molar-refractivity contribution < 1.29 is 14.7 Å². The van der Waals surface area contributed by atoms with Crippen molar-refractivity contribution in [3.63, 3.8) is 0 Å². The fourth-order valence-electron chi connectivity index (χ4n) is 2.11. The standard InChI is InChI=1S/C12H21NO3S/c1-9(2)7-13(8-10(14)15)11(16)12(3)5-4-6-17-12/h9H,4-8H2,1-3H3,(H,14,15). The molecule has 1 aliphatic rings. The Balaban J connectivity index is 2.74. The lowest BCUT2D eigenvalue weighted by Crippen LogP contribution is -2.47. The van der Waals surface area contributed by atoms with Gasteiger partial charge in [-0.2, -0.15) is 0 Å². The Bertz CT molecular complexity index is 298. The predicted molar refractivity (Wildman–Crippen MR) is 69.2 cm³/mol. The highest BCUT2D eigenvalue weighted by Gasteiger charge is 2.40. The van der Waals surface area contributed by atoms with Crippen molar-refractivity contribution in [1.29, 1.82) is 0 Å². The molecule has 0 spiro atoms. The molecule has 1 unspecified atom stereocenters. The minimum Gasteiger partial charge on any atom is -0.480 e. The molecule has 5 heteroatoms. The third kappa shape index (κ3) is 3.91. The van der Waals surface area contributed by atoms with Crippen molar-refractivity contribution >= 4 is 23.6 Å². The molecule has 1 aliphatic heterocycles. The second-order valence-corrected chi connectivity index (χ2v) is 6.75. The summed E-state index contributed by atoms with van der Waals surface area (Å²) in [7, 11) is 0. The molecule has 1 saturated heterocycles. The maximum atomic E-state index is 12.4. The van der Waals surface area contributed by atoms with Gasteiger partial charge in [-0.15, -0.1) is 11.8 Å². The average Bonchev–Trinajstić information content (AvgIpc) is 2.63. The second-order valence-electron chi connectivity index (χ2n) is 5.16. The van der Waals surface area contributed by atoms with Crippen LogP contribution in [0, 0.1) is 5.92 Å². The number of nitrogens with zero attached hydrogens (tertiary/aromatic N) is 1. The summed E-state index contributed by atoms with van der Waals surface area (Å²) in [5.74, 6) is 0.320. The van der Waals surface area contributed by atoms with Crippen LogP contribution >= 0.6 is 11.8 Å². The minimum atomic E-state index is -0.939. The van der Waals surface area contributed by atoms with Crippen LogP contribution in [-0.4, -0.2) is 45.5 Å². The van der Waals surface area contributed by atoms with Crippen LogP contribution in [0.1, 0.15) is 33.6 Å². The van der Waals surface area contributed by atoms with E-state index in [-0.39, 0.29) is 18.4 Å². The molecule has 0 saturated carbocycles. The van der Waals surface area contributed by atoms with Gasteiger partial charge in [-0.25, -0.2) is 0 Å². The lowest BCUT2D eigenvalue weighted by atomic mass is 10.0. The van der Waals surface area contributed by atoms with Gasteiger partial charge < -0.3 is 10.0 Å². The zero-order chi connectivity index (χ0) is 13.1. The van der Waals surface area contributed by atoms with Gasteiger partial charge in [-0.1, -0.05) is 13.8 Å². The molecule has 1 rings (SSSR count). The van der Waals surface area contributed by atoms with Gasteiger partial charge in [0.15, 0.2) is 0 Å². The smallest absolute Gasteiger partial charge is 0.323 e. The normalized spacial score (nSPS) is 24.0. The molecular weight excluding hydrogens is 238 g/mol. The van der Waals surface area contributed by atoms with Crippen LogP contribution in [0.25, 0.3) is 0 Å². The lowest BCUT2D eigenvalue weighted by molar-refractivity contribution is -0.145. The summed E-state index contributed by atoms with van der Waals surface area (Å²) < 4.78 is -0.412. The number of hydrogen-bond acceptors (Lipinski definition) is 3. The van der Waals surface area contributed by atoms with Crippen LogP contribution in [0.4, 0.5) is 0 Å². The van der Waals surface area contributed by atoms with Gasteiger partial charge in [0.05, 0.1) is 4.75 Å². The molecule has 0 aromatic heterocycles. The maximum Gasteiger partial charge on any atom is 0.323 e. The van der Waals surface area contributed by atoms with E-state index >= 15 is 0 Å². The van der Waals surface area contributed by atoms with E-state index < -0.39 is 10.7 Å². The van der Waals surface area contributed by atoms with E-state index in [1.807, 2.05) is 20.8 Å². The van der Waals surface area contributed by atoms with Gasteiger partial charge >= 0.3 is 5.97 Å². The zero-order valence-corrected chi connectivity index (χ0v) is 11.5. The first-order chi connectivity index (χ1) is 7.85. The van der Waals surface area contributed by atoms with Crippen molar-refractivity contribution in [2.24, 2.45) is 5.92 Å². The van der Waals surface area contributed by atoms with Crippen LogP contribution in [0.2, 0.25) is 0 Å². The molecule has 0 radical (unpaired) electrons. The molecule has 1 N–H and O–H groups in total. The van der Waals surface area contributed by atoms with Gasteiger partial charge in [0.25, 0.3) is 0 Å². The molecule has 0 aliphatic carbocycles. The fourth-order valence-corrected chi connectivity index (χ4v) is 3.39. The van der Waals surface area contributed by atoms with Gasteiger partial charge in [-0.3, -0.25) is 9.59 Å². The number of carboxylic acid groups (broad SMARTS) is 1. The molecular formula is C12H21NO3S. The number of aliphatic carboxylic acids is 1. The summed E-state index contributed by atoms with van der Waals surface area (Å²) in [5, 5.41) is 8.87. The summed E-state index contributed by atoms with van der Waals surface area (Å²) >= 11 is 1.65. The Morgan fingerprint density at radius 3 is 2.53 bits per heavy atom. The predicted octanol–water partition coefficient (Wildman–Crippen LogP) is 1.84. The van der Waals surface area contributed by atoms with E-state index in [0.29, 0.717) is 6.54 Å². The Morgan fingerprint density at radius 2 is 2.12 bits per heavy atom.